The number of hydrogen-bond donors (Lipinski definition) is 2. The summed E-state index contributed by atoms with van der Waals surface area (Å²) in [7, 11) is 0. The standard InChI is InChI=1S/C20H23N3O3/c1-2-10-26-18-12-16-11-15(13-23(25)20(21)24)8-9-19(16)22(14-18)17-6-4-3-5-7-17/h2-9,11,18,25H,1,10,12-14H2,(H2,21,24). The van der Waals surface area contributed by atoms with E-state index >= 15 is 0 Å². The Morgan fingerprint density at radius 3 is 2.81 bits per heavy atom. The van der Waals surface area contributed by atoms with E-state index in [-0.39, 0.29) is 12.6 Å². The number of fused-ring (bicyclic) bond motifs is 1. The number of nitrogens with zero attached hydrogens (tertiary/aromatic N) is 2. The summed E-state index contributed by atoms with van der Waals surface area (Å²) in [4.78, 5) is 13.3. The summed E-state index contributed by atoms with van der Waals surface area (Å²) in [6.45, 7) is 5.00. The number of hydrogen-bond acceptors (Lipinski definition) is 4. The van der Waals surface area contributed by atoms with Crippen LogP contribution in [0.3, 0.4) is 0 Å². The monoisotopic (exact) mass is 353 g/mol. The number of amides is 2. The van der Waals surface area contributed by atoms with Crippen molar-refractivity contribution in [1.29, 1.82) is 0 Å². The van der Waals surface area contributed by atoms with E-state index in [1.54, 1.807) is 6.08 Å². The molecule has 26 heavy (non-hydrogen) atoms. The Labute approximate surface area is 153 Å². The predicted octanol–water partition coefficient (Wildman–Crippen LogP) is 3.22. The van der Waals surface area contributed by atoms with Crippen LogP contribution in [0, 0.1) is 0 Å². The second kappa shape index (κ2) is 8.03. The highest BCUT2D eigenvalue weighted by atomic mass is 16.5. The summed E-state index contributed by atoms with van der Waals surface area (Å²) in [6, 6.07) is 15.2. The third-order valence-corrected chi connectivity index (χ3v) is 4.37. The van der Waals surface area contributed by atoms with Gasteiger partial charge in [-0.15, -0.1) is 6.58 Å². The Morgan fingerprint density at radius 1 is 1.35 bits per heavy atom. The van der Waals surface area contributed by atoms with E-state index in [0.717, 1.165) is 35.5 Å². The summed E-state index contributed by atoms with van der Waals surface area (Å²) >= 11 is 0. The molecule has 0 saturated heterocycles. The fraction of sp³-hybridized carbons (Fsp3) is 0.250. The van der Waals surface area contributed by atoms with Crippen molar-refractivity contribution in [1.82, 2.24) is 5.06 Å². The summed E-state index contributed by atoms with van der Waals surface area (Å²) in [5.74, 6) is 0. The molecule has 0 aromatic heterocycles. The molecule has 1 aliphatic heterocycles. The molecular formula is C20H23N3O3. The maximum Gasteiger partial charge on any atom is 0.338 e. The van der Waals surface area contributed by atoms with Gasteiger partial charge in [0.1, 0.15) is 0 Å². The van der Waals surface area contributed by atoms with Crippen LogP contribution in [0.1, 0.15) is 11.1 Å². The number of rotatable bonds is 6. The molecule has 0 saturated carbocycles. The number of benzene rings is 2. The largest absolute Gasteiger partial charge is 0.372 e. The van der Waals surface area contributed by atoms with Gasteiger partial charge in [0.2, 0.25) is 0 Å². The molecule has 0 spiro atoms. The molecule has 2 aromatic carbocycles. The van der Waals surface area contributed by atoms with Crippen LogP contribution >= 0.6 is 0 Å². The summed E-state index contributed by atoms with van der Waals surface area (Å²) in [5, 5.41) is 10.1. The summed E-state index contributed by atoms with van der Waals surface area (Å²) in [5.41, 5.74) is 9.20. The molecule has 3 rings (SSSR count). The third-order valence-electron chi connectivity index (χ3n) is 4.37. The van der Waals surface area contributed by atoms with E-state index in [4.69, 9.17) is 10.5 Å². The minimum absolute atomic E-state index is 0.0253. The second-order valence-corrected chi connectivity index (χ2v) is 6.25. The number of urea groups is 1. The maximum atomic E-state index is 11.1. The Bertz CT molecular complexity index is 779. The van der Waals surface area contributed by atoms with Gasteiger partial charge < -0.3 is 15.4 Å². The topological polar surface area (TPSA) is 79.0 Å². The molecular weight excluding hydrogens is 330 g/mol. The Morgan fingerprint density at radius 2 is 2.12 bits per heavy atom. The Balaban J connectivity index is 1.91. The Kier molecular flexibility index (Phi) is 5.55. The van der Waals surface area contributed by atoms with Crippen LogP contribution in [0.4, 0.5) is 16.2 Å². The van der Waals surface area contributed by atoms with Crippen LogP contribution in [-0.4, -0.2) is 35.6 Å². The van der Waals surface area contributed by atoms with Crippen LogP contribution in [0.25, 0.3) is 0 Å². The van der Waals surface area contributed by atoms with Gasteiger partial charge in [0.05, 0.1) is 19.3 Å². The number of carbonyl (C=O) groups excluding carboxylic acids is 1. The average Bonchev–Trinajstić information content (AvgIpc) is 2.66. The number of anilines is 2. The number of ether oxygens (including phenoxy) is 1. The fourth-order valence-corrected chi connectivity index (χ4v) is 3.19. The van der Waals surface area contributed by atoms with Gasteiger partial charge in [0.15, 0.2) is 0 Å². The van der Waals surface area contributed by atoms with Crippen molar-refractivity contribution in [2.75, 3.05) is 18.1 Å². The maximum absolute atomic E-state index is 11.1. The van der Waals surface area contributed by atoms with Crippen molar-refractivity contribution in [2.45, 2.75) is 19.1 Å². The molecule has 3 N–H and O–H groups in total. The predicted molar refractivity (Wildman–Crippen MR) is 100 cm³/mol. The molecule has 6 heteroatoms. The number of carbonyl (C=O) groups is 1. The van der Waals surface area contributed by atoms with Gasteiger partial charge in [0.25, 0.3) is 0 Å². The van der Waals surface area contributed by atoms with E-state index in [1.807, 2.05) is 36.4 Å². The molecule has 1 aliphatic rings. The lowest BCUT2D eigenvalue weighted by Gasteiger charge is -2.36. The number of hydroxylamine groups is 2. The van der Waals surface area contributed by atoms with Crippen LogP contribution in [0.2, 0.25) is 0 Å². The van der Waals surface area contributed by atoms with Gasteiger partial charge in [0, 0.05) is 24.3 Å². The summed E-state index contributed by atoms with van der Waals surface area (Å²) < 4.78 is 5.91. The smallest absolute Gasteiger partial charge is 0.338 e. The number of nitrogens with two attached hydrogens (primary N) is 1. The molecule has 136 valence electrons. The van der Waals surface area contributed by atoms with Crippen molar-refractivity contribution in [3.05, 3.63) is 72.3 Å². The lowest BCUT2D eigenvalue weighted by molar-refractivity contribution is -0.0470. The van der Waals surface area contributed by atoms with Crippen molar-refractivity contribution < 1.29 is 14.7 Å². The lowest BCUT2D eigenvalue weighted by Crippen LogP contribution is -2.37. The highest BCUT2D eigenvalue weighted by Crippen LogP contribution is 2.35. The average molecular weight is 353 g/mol. The van der Waals surface area contributed by atoms with E-state index < -0.39 is 6.03 Å². The molecule has 1 atom stereocenters. The fourth-order valence-electron chi connectivity index (χ4n) is 3.19. The zero-order valence-electron chi connectivity index (χ0n) is 14.5. The van der Waals surface area contributed by atoms with E-state index in [9.17, 15) is 10.0 Å². The molecule has 0 radical (unpaired) electrons. The molecule has 0 bridgehead atoms. The van der Waals surface area contributed by atoms with Gasteiger partial charge in [-0.25, -0.2) is 9.86 Å². The second-order valence-electron chi connectivity index (χ2n) is 6.25. The molecule has 0 aliphatic carbocycles. The first-order valence-electron chi connectivity index (χ1n) is 8.51. The molecule has 1 heterocycles. The first kappa shape index (κ1) is 18.0. The van der Waals surface area contributed by atoms with Crippen molar-refractivity contribution in [3.8, 4) is 0 Å². The first-order chi connectivity index (χ1) is 12.6. The molecule has 6 nitrogen and oxygen atoms in total. The minimum atomic E-state index is -0.874. The van der Waals surface area contributed by atoms with E-state index in [0.29, 0.717) is 11.7 Å². The first-order valence-corrected chi connectivity index (χ1v) is 8.51. The third kappa shape index (κ3) is 4.04. The van der Waals surface area contributed by atoms with Crippen LogP contribution in [0.5, 0.6) is 0 Å². The molecule has 2 aromatic rings. The van der Waals surface area contributed by atoms with Gasteiger partial charge >= 0.3 is 6.03 Å². The van der Waals surface area contributed by atoms with Crippen molar-refractivity contribution in [3.63, 3.8) is 0 Å². The summed E-state index contributed by atoms with van der Waals surface area (Å²) in [6.07, 6.45) is 2.52. The zero-order chi connectivity index (χ0) is 18.5. The highest BCUT2D eigenvalue weighted by Gasteiger charge is 2.26. The lowest BCUT2D eigenvalue weighted by atomic mass is 9.96. The van der Waals surface area contributed by atoms with Crippen molar-refractivity contribution >= 4 is 17.4 Å². The number of primary amides is 1. The quantitative estimate of drug-likeness (QED) is 0.475. The van der Waals surface area contributed by atoms with E-state index in [1.165, 1.54) is 0 Å². The van der Waals surface area contributed by atoms with Gasteiger partial charge in [-0.1, -0.05) is 36.4 Å². The van der Waals surface area contributed by atoms with Crippen LogP contribution in [-0.2, 0) is 17.7 Å². The Hall–Kier alpha value is -2.83. The normalized spacial score (nSPS) is 16.0. The highest BCUT2D eigenvalue weighted by molar-refractivity contribution is 5.71. The number of para-hydroxylation sites is 1. The molecule has 1 unspecified atom stereocenters. The molecule has 0 fully saturated rings. The van der Waals surface area contributed by atoms with E-state index in [2.05, 4.69) is 23.6 Å². The van der Waals surface area contributed by atoms with Gasteiger partial charge in [-0.3, -0.25) is 5.21 Å². The van der Waals surface area contributed by atoms with Crippen LogP contribution < -0.4 is 10.6 Å². The van der Waals surface area contributed by atoms with Gasteiger partial charge in [-0.05, 0) is 29.3 Å². The zero-order valence-corrected chi connectivity index (χ0v) is 14.5. The molecule has 2 amide bonds. The van der Waals surface area contributed by atoms with Crippen LogP contribution in [0.15, 0.2) is 61.2 Å². The SMILES string of the molecule is C=CCOC1Cc2cc(CN(O)C(N)=O)ccc2N(c2ccccc2)C1. The van der Waals surface area contributed by atoms with Crippen molar-refractivity contribution in [2.24, 2.45) is 5.73 Å². The van der Waals surface area contributed by atoms with Gasteiger partial charge in [-0.2, -0.15) is 0 Å². The minimum Gasteiger partial charge on any atom is -0.372 e.